The van der Waals surface area contributed by atoms with Crippen LogP contribution in [0.25, 0.3) is 21.8 Å². The molecule has 1 aliphatic heterocycles. The third kappa shape index (κ3) is 2.55. The summed E-state index contributed by atoms with van der Waals surface area (Å²) in [5.74, 6) is 0.0555. The Morgan fingerprint density at radius 2 is 2.00 bits per heavy atom. The number of benzene rings is 2. The maximum Gasteiger partial charge on any atom is 0.199 e. The monoisotopic (exact) mass is 356 g/mol. The lowest BCUT2D eigenvalue weighted by Crippen LogP contribution is -2.31. The number of aromatic nitrogens is 1. The van der Waals surface area contributed by atoms with Crippen LogP contribution in [-0.2, 0) is 6.67 Å². The van der Waals surface area contributed by atoms with E-state index in [-0.39, 0.29) is 24.6 Å². The highest BCUT2D eigenvalue weighted by molar-refractivity contribution is 6.06. The molecule has 2 heterocycles. The van der Waals surface area contributed by atoms with Crippen LogP contribution in [0, 0.1) is 0 Å². The first-order chi connectivity index (χ1) is 12.6. The predicted octanol–water partition coefficient (Wildman–Crippen LogP) is 0.857. The number of pyridine rings is 1. The second kappa shape index (κ2) is 6.49. The highest BCUT2D eigenvalue weighted by Gasteiger charge is 2.21. The van der Waals surface area contributed by atoms with Gasteiger partial charge < -0.3 is 30.5 Å². The summed E-state index contributed by atoms with van der Waals surface area (Å²) in [5, 5.41) is 35.6. The molecular formula is C18H20N4O4. The number of fused-ring (bicyclic) bond motifs is 2. The Kier molecular flexibility index (Phi) is 4.15. The van der Waals surface area contributed by atoms with E-state index in [0.717, 1.165) is 16.7 Å². The molecule has 8 nitrogen and oxygen atoms in total. The molecular weight excluding hydrogens is 336 g/mol. The van der Waals surface area contributed by atoms with Crippen LogP contribution in [0.3, 0.4) is 0 Å². The standard InChI is InChI=1S/C18H20N4O4/c23-9-21(10-24)6-5-19-13-2-3-14-17-16(13)18(26)12-7-11(25)1-4-15(12)22(17)8-20-14/h1-4,7,19-20,23-25H,5-6,8-10H2. The number of anilines is 2. The number of nitrogens with one attached hydrogen (secondary N) is 2. The Morgan fingerprint density at radius 3 is 2.77 bits per heavy atom. The Morgan fingerprint density at radius 1 is 1.19 bits per heavy atom. The molecule has 2 aromatic carbocycles. The van der Waals surface area contributed by atoms with Crippen LogP contribution < -0.4 is 16.1 Å². The zero-order chi connectivity index (χ0) is 18.3. The molecule has 0 saturated carbocycles. The van der Waals surface area contributed by atoms with E-state index in [9.17, 15) is 9.90 Å². The number of phenolic OH excluding ortho intramolecular Hbond substituents is 1. The highest BCUT2D eigenvalue weighted by atomic mass is 16.3. The molecule has 5 N–H and O–H groups in total. The number of hydrogen-bond donors (Lipinski definition) is 5. The van der Waals surface area contributed by atoms with Gasteiger partial charge in [0.05, 0.1) is 47.6 Å². The summed E-state index contributed by atoms with van der Waals surface area (Å²) in [6.07, 6.45) is 0. The average Bonchev–Trinajstić information content (AvgIpc) is 3.08. The Bertz CT molecular complexity index is 1040. The number of rotatable bonds is 6. The van der Waals surface area contributed by atoms with Gasteiger partial charge in [-0.3, -0.25) is 9.69 Å². The van der Waals surface area contributed by atoms with Crippen molar-refractivity contribution in [3.63, 3.8) is 0 Å². The summed E-state index contributed by atoms with van der Waals surface area (Å²) in [5.41, 5.74) is 3.04. The second-order valence-electron chi connectivity index (χ2n) is 6.28. The average molecular weight is 356 g/mol. The molecule has 1 aromatic heterocycles. The minimum absolute atomic E-state index is 0.0555. The molecule has 0 fully saturated rings. The molecule has 1 aliphatic rings. The van der Waals surface area contributed by atoms with Crippen molar-refractivity contribution in [2.24, 2.45) is 0 Å². The van der Waals surface area contributed by atoms with E-state index in [2.05, 4.69) is 10.6 Å². The minimum atomic E-state index is -0.238. The molecule has 0 unspecified atom stereocenters. The molecule has 4 rings (SSSR count). The zero-order valence-corrected chi connectivity index (χ0v) is 14.1. The maximum atomic E-state index is 13.1. The van der Waals surface area contributed by atoms with E-state index in [0.29, 0.717) is 36.2 Å². The van der Waals surface area contributed by atoms with Crippen LogP contribution in [0.15, 0.2) is 35.1 Å². The van der Waals surface area contributed by atoms with Gasteiger partial charge in [0.25, 0.3) is 0 Å². The van der Waals surface area contributed by atoms with Crippen LogP contribution in [0.1, 0.15) is 0 Å². The van der Waals surface area contributed by atoms with Gasteiger partial charge in [0.2, 0.25) is 0 Å². The maximum absolute atomic E-state index is 13.1. The third-order valence-electron chi connectivity index (χ3n) is 4.76. The van der Waals surface area contributed by atoms with Crippen LogP contribution in [0.2, 0.25) is 0 Å². The summed E-state index contributed by atoms with van der Waals surface area (Å²) < 4.78 is 2.03. The SMILES string of the molecule is O=c1c2cc(O)ccc2n2c3c(ccc(NCCN(CO)CO)c13)NC2. The molecule has 136 valence electrons. The fourth-order valence-corrected chi connectivity index (χ4v) is 3.45. The number of phenols is 1. The van der Waals surface area contributed by atoms with Gasteiger partial charge in [0.1, 0.15) is 5.75 Å². The van der Waals surface area contributed by atoms with Crippen molar-refractivity contribution in [3.8, 4) is 5.75 Å². The van der Waals surface area contributed by atoms with Crippen molar-refractivity contribution in [2.75, 3.05) is 37.2 Å². The van der Waals surface area contributed by atoms with Gasteiger partial charge in [-0.1, -0.05) is 0 Å². The van der Waals surface area contributed by atoms with Gasteiger partial charge in [-0.2, -0.15) is 0 Å². The molecule has 0 aliphatic carbocycles. The molecule has 3 aromatic rings. The lowest BCUT2D eigenvalue weighted by molar-refractivity contribution is 0.0329. The van der Waals surface area contributed by atoms with Gasteiger partial charge in [0.15, 0.2) is 5.43 Å². The van der Waals surface area contributed by atoms with E-state index in [1.165, 1.54) is 11.0 Å². The Labute approximate surface area is 148 Å². The third-order valence-corrected chi connectivity index (χ3v) is 4.76. The lowest BCUT2D eigenvalue weighted by atomic mass is 10.1. The summed E-state index contributed by atoms with van der Waals surface area (Å²) in [4.78, 5) is 14.6. The van der Waals surface area contributed by atoms with Crippen molar-refractivity contribution in [1.29, 1.82) is 0 Å². The molecule has 0 radical (unpaired) electrons. The fourth-order valence-electron chi connectivity index (χ4n) is 3.45. The van der Waals surface area contributed by atoms with Crippen LogP contribution >= 0.6 is 0 Å². The van der Waals surface area contributed by atoms with E-state index in [1.54, 1.807) is 12.1 Å². The van der Waals surface area contributed by atoms with Gasteiger partial charge in [-0.25, -0.2) is 0 Å². The summed E-state index contributed by atoms with van der Waals surface area (Å²) in [7, 11) is 0. The number of aliphatic hydroxyl groups is 2. The van der Waals surface area contributed by atoms with Gasteiger partial charge in [-0.15, -0.1) is 0 Å². The number of hydrogen-bond acceptors (Lipinski definition) is 7. The highest BCUT2D eigenvalue weighted by Crippen LogP contribution is 2.35. The quantitative estimate of drug-likeness (QED) is 0.329. The van der Waals surface area contributed by atoms with Crippen molar-refractivity contribution in [2.45, 2.75) is 6.67 Å². The van der Waals surface area contributed by atoms with E-state index in [4.69, 9.17) is 10.2 Å². The van der Waals surface area contributed by atoms with Gasteiger partial charge in [0, 0.05) is 18.8 Å². The molecule has 0 spiro atoms. The predicted molar refractivity (Wildman–Crippen MR) is 100 cm³/mol. The van der Waals surface area contributed by atoms with E-state index in [1.807, 2.05) is 16.7 Å². The smallest absolute Gasteiger partial charge is 0.199 e. The summed E-state index contributed by atoms with van der Waals surface area (Å²) in [6.45, 7) is 0.966. The zero-order valence-electron chi connectivity index (χ0n) is 14.1. The lowest BCUT2D eigenvalue weighted by Gasteiger charge is -2.18. The number of aliphatic hydroxyl groups excluding tert-OH is 2. The van der Waals surface area contributed by atoms with E-state index >= 15 is 0 Å². The minimum Gasteiger partial charge on any atom is -0.508 e. The fraction of sp³-hybridized carbons (Fsp3) is 0.278. The molecule has 8 heteroatoms. The van der Waals surface area contributed by atoms with Crippen LogP contribution in [0.4, 0.5) is 11.4 Å². The van der Waals surface area contributed by atoms with Crippen molar-refractivity contribution in [3.05, 3.63) is 40.6 Å². The van der Waals surface area contributed by atoms with Crippen LogP contribution in [0.5, 0.6) is 5.75 Å². The molecule has 0 bridgehead atoms. The molecule has 0 atom stereocenters. The normalized spacial score (nSPS) is 12.9. The summed E-state index contributed by atoms with van der Waals surface area (Å²) in [6, 6.07) is 8.60. The van der Waals surface area contributed by atoms with Gasteiger partial charge >= 0.3 is 0 Å². The van der Waals surface area contributed by atoms with E-state index < -0.39 is 0 Å². The first kappa shape index (κ1) is 16.6. The van der Waals surface area contributed by atoms with Crippen molar-refractivity contribution >= 4 is 33.2 Å². The van der Waals surface area contributed by atoms with Crippen LogP contribution in [-0.4, -0.2) is 51.3 Å². The topological polar surface area (TPSA) is 110 Å². The first-order valence-electron chi connectivity index (χ1n) is 8.38. The molecule has 0 amide bonds. The molecule has 0 saturated heterocycles. The van der Waals surface area contributed by atoms with Crippen molar-refractivity contribution < 1.29 is 15.3 Å². The number of aromatic hydroxyl groups is 1. The molecule has 26 heavy (non-hydrogen) atoms. The second-order valence-corrected chi connectivity index (χ2v) is 6.28. The Balaban J connectivity index is 1.84. The summed E-state index contributed by atoms with van der Waals surface area (Å²) >= 11 is 0. The Hall–Kier alpha value is -2.81. The largest absolute Gasteiger partial charge is 0.508 e. The first-order valence-corrected chi connectivity index (χ1v) is 8.38. The van der Waals surface area contributed by atoms with Gasteiger partial charge in [-0.05, 0) is 30.3 Å². The van der Waals surface area contributed by atoms with Crippen molar-refractivity contribution in [1.82, 2.24) is 9.47 Å². The number of nitrogens with zero attached hydrogens (tertiary/aromatic N) is 2.